The molecule has 0 radical (unpaired) electrons. The maximum atomic E-state index is 14.3. The second-order valence-electron chi connectivity index (χ2n) is 10.9. The molecule has 0 saturated carbocycles. The summed E-state index contributed by atoms with van der Waals surface area (Å²) >= 11 is 1.58. The summed E-state index contributed by atoms with van der Waals surface area (Å²) in [6.07, 6.45) is 11.1. The maximum Gasteiger partial charge on any atom is 0.247 e. The van der Waals surface area contributed by atoms with Crippen LogP contribution in [0, 0.1) is 11.8 Å². The molecule has 4 heterocycles. The molecule has 1 spiro atoms. The fourth-order valence-electron chi connectivity index (χ4n) is 6.66. The third-order valence-corrected chi connectivity index (χ3v) is 10.2. The molecule has 4 aliphatic heterocycles. The van der Waals surface area contributed by atoms with E-state index < -0.39 is 33.4 Å². The zero-order valence-electron chi connectivity index (χ0n) is 21.9. The highest BCUT2D eigenvalue weighted by molar-refractivity contribution is 8.02. The molecule has 5 rings (SSSR count). The minimum Gasteiger partial charge on any atom is -0.394 e. The zero-order valence-corrected chi connectivity index (χ0v) is 22.7. The van der Waals surface area contributed by atoms with Gasteiger partial charge in [0.2, 0.25) is 17.7 Å². The fraction of sp³-hybridized carbons (Fsp3) is 0.552. The van der Waals surface area contributed by atoms with E-state index >= 15 is 0 Å². The largest absolute Gasteiger partial charge is 0.394 e. The topological polar surface area (TPSA) is 81.2 Å². The normalized spacial score (nSPS) is 33.8. The van der Waals surface area contributed by atoms with Crippen molar-refractivity contribution in [3.8, 4) is 0 Å². The molecular weight excluding hydrogens is 486 g/mol. The minimum absolute atomic E-state index is 0.0823. The Balaban J connectivity index is 1.60. The van der Waals surface area contributed by atoms with Crippen molar-refractivity contribution < 1.29 is 19.5 Å². The van der Waals surface area contributed by atoms with Crippen LogP contribution in [0.5, 0.6) is 0 Å². The van der Waals surface area contributed by atoms with E-state index in [1.807, 2.05) is 60.4 Å². The Hall–Kier alpha value is -2.58. The van der Waals surface area contributed by atoms with E-state index in [1.54, 1.807) is 28.5 Å². The standard InChI is InChI=1S/C29H37N3O4S/c1-4-5-9-16-30-17-11-15-29-23(26(35)32(20(2)19-33)24(29)27(30)36)22-25(34)31(21-12-7-6-8-13-21)18-10-14-28(22,3)37-29/h6-8,10-15,20,22-24,33H,4-5,9,16-19H2,1-3H3/t20-,22-,23+,24?,28+,29+/m1/s1. The van der Waals surface area contributed by atoms with Crippen LogP contribution in [0.15, 0.2) is 54.6 Å². The predicted octanol–water partition coefficient (Wildman–Crippen LogP) is 3.25. The lowest BCUT2D eigenvalue weighted by atomic mass is 9.74. The summed E-state index contributed by atoms with van der Waals surface area (Å²) in [7, 11) is 0. The molecule has 2 fully saturated rings. The van der Waals surface area contributed by atoms with Gasteiger partial charge in [-0.3, -0.25) is 14.4 Å². The number of carbonyl (C=O) groups excluding carboxylic acids is 3. The number of aliphatic hydroxyl groups excluding tert-OH is 1. The monoisotopic (exact) mass is 523 g/mol. The molecule has 1 unspecified atom stereocenters. The van der Waals surface area contributed by atoms with Gasteiger partial charge in [0, 0.05) is 30.1 Å². The minimum atomic E-state index is -0.879. The Labute approximate surface area is 223 Å². The van der Waals surface area contributed by atoms with Gasteiger partial charge in [-0.15, -0.1) is 11.8 Å². The quantitative estimate of drug-likeness (QED) is 0.438. The molecule has 2 saturated heterocycles. The van der Waals surface area contributed by atoms with Gasteiger partial charge < -0.3 is 19.8 Å². The van der Waals surface area contributed by atoms with Crippen molar-refractivity contribution in [2.75, 3.05) is 31.1 Å². The van der Waals surface area contributed by atoms with E-state index in [2.05, 4.69) is 13.0 Å². The molecule has 3 amide bonds. The number of carbonyl (C=O) groups is 3. The SMILES string of the molecule is CCCCCN1CC=C[C@]23S[C@@]4(C)C=CCN(c5ccccc5)C(=O)[C@H]4[C@H]2C(=O)N([C@H](C)CO)C3C1=O. The number of aliphatic hydroxyl groups is 1. The predicted molar refractivity (Wildman–Crippen MR) is 146 cm³/mol. The van der Waals surface area contributed by atoms with Gasteiger partial charge >= 0.3 is 0 Å². The summed E-state index contributed by atoms with van der Waals surface area (Å²) in [5.41, 5.74) is 0.796. The van der Waals surface area contributed by atoms with Crippen molar-refractivity contribution in [2.45, 2.75) is 61.6 Å². The van der Waals surface area contributed by atoms with Gasteiger partial charge in [-0.05, 0) is 32.4 Å². The number of hydrogen-bond donors (Lipinski definition) is 1. The summed E-state index contributed by atoms with van der Waals surface area (Å²) in [5, 5.41) is 10.1. The van der Waals surface area contributed by atoms with Crippen molar-refractivity contribution >= 4 is 35.2 Å². The molecule has 1 aromatic rings. The average Bonchev–Trinajstić information content (AvgIpc) is 3.17. The average molecular weight is 524 g/mol. The van der Waals surface area contributed by atoms with E-state index in [4.69, 9.17) is 0 Å². The van der Waals surface area contributed by atoms with Gasteiger partial charge in [-0.2, -0.15) is 0 Å². The smallest absolute Gasteiger partial charge is 0.247 e. The molecular formula is C29H37N3O4S. The molecule has 4 aliphatic rings. The summed E-state index contributed by atoms with van der Waals surface area (Å²) in [6.45, 7) is 7.27. The lowest BCUT2D eigenvalue weighted by molar-refractivity contribution is -0.145. The Morgan fingerprint density at radius 2 is 1.73 bits per heavy atom. The number of rotatable bonds is 7. The van der Waals surface area contributed by atoms with Crippen LogP contribution in [0.3, 0.4) is 0 Å². The van der Waals surface area contributed by atoms with Crippen LogP contribution in [0.4, 0.5) is 5.69 Å². The van der Waals surface area contributed by atoms with Gasteiger partial charge in [-0.1, -0.05) is 62.3 Å². The Kier molecular flexibility index (Phi) is 7.00. The van der Waals surface area contributed by atoms with Crippen LogP contribution in [-0.4, -0.2) is 80.4 Å². The fourth-order valence-corrected chi connectivity index (χ4v) is 8.81. The first kappa shape index (κ1) is 26.0. The molecule has 1 aromatic carbocycles. The van der Waals surface area contributed by atoms with Gasteiger partial charge in [0.05, 0.1) is 29.2 Å². The molecule has 0 aliphatic carbocycles. The first-order valence-corrected chi connectivity index (χ1v) is 14.2. The van der Waals surface area contributed by atoms with Crippen LogP contribution >= 0.6 is 11.8 Å². The number of amides is 3. The second-order valence-corrected chi connectivity index (χ2v) is 12.6. The number of fused-ring (bicyclic) bond motifs is 2. The Morgan fingerprint density at radius 3 is 2.43 bits per heavy atom. The number of para-hydroxylation sites is 1. The number of hydrogen-bond acceptors (Lipinski definition) is 5. The lowest BCUT2D eigenvalue weighted by Crippen LogP contribution is -2.56. The molecule has 1 N–H and O–H groups in total. The van der Waals surface area contributed by atoms with Crippen molar-refractivity contribution in [3.05, 3.63) is 54.6 Å². The molecule has 7 nitrogen and oxygen atoms in total. The molecule has 198 valence electrons. The first-order chi connectivity index (χ1) is 17.8. The van der Waals surface area contributed by atoms with Crippen LogP contribution in [0.25, 0.3) is 0 Å². The summed E-state index contributed by atoms with van der Waals surface area (Å²) in [5.74, 6) is -1.72. The summed E-state index contributed by atoms with van der Waals surface area (Å²) in [4.78, 5) is 47.9. The lowest BCUT2D eigenvalue weighted by Gasteiger charge is -2.38. The van der Waals surface area contributed by atoms with E-state index in [0.29, 0.717) is 19.6 Å². The van der Waals surface area contributed by atoms with E-state index in [1.165, 1.54) is 0 Å². The number of anilines is 1. The van der Waals surface area contributed by atoms with E-state index in [-0.39, 0.29) is 24.3 Å². The van der Waals surface area contributed by atoms with Gasteiger partial charge in [0.15, 0.2) is 0 Å². The van der Waals surface area contributed by atoms with Gasteiger partial charge in [-0.25, -0.2) is 0 Å². The highest BCUT2D eigenvalue weighted by Gasteiger charge is 2.74. The number of thioether (sulfide) groups is 1. The van der Waals surface area contributed by atoms with Crippen LogP contribution in [0.1, 0.15) is 40.0 Å². The molecule has 37 heavy (non-hydrogen) atoms. The van der Waals surface area contributed by atoms with E-state index in [9.17, 15) is 19.5 Å². The van der Waals surface area contributed by atoms with Gasteiger partial charge in [0.25, 0.3) is 0 Å². The molecule has 0 bridgehead atoms. The first-order valence-electron chi connectivity index (χ1n) is 13.4. The highest BCUT2D eigenvalue weighted by Crippen LogP contribution is 2.65. The second kappa shape index (κ2) is 9.95. The third kappa shape index (κ3) is 4.04. The maximum absolute atomic E-state index is 14.3. The van der Waals surface area contributed by atoms with Crippen molar-refractivity contribution in [2.24, 2.45) is 11.8 Å². The van der Waals surface area contributed by atoms with E-state index in [0.717, 1.165) is 24.9 Å². The van der Waals surface area contributed by atoms with Crippen molar-refractivity contribution in [1.82, 2.24) is 9.80 Å². The zero-order chi connectivity index (χ0) is 26.4. The number of benzene rings is 1. The van der Waals surface area contributed by atoms with Crippen molar-refractivity contribution in [1.29, 1.82) is 0 Å². The highest BCUT2D eigenvalue weighted by atomic mass is 32.2. The molecule has 8 heteroatoms. The number of nitrogens with zero attached hydrogens (tertiary/aromatic N) is 3. The summed E-state index contributed by atoms with van der Waals surface area (Å²) < 4.78 is -1.52. The van der Waals surface area contributed by atoms with Crippen LogP contribution in [-0.2, 0) is 14.4 Å². The Morgan fingerprint density at radius 1 is 1.00 bits per heavy atom. The van der Waals surface area contributed by atoms with Crippen LogP contribution < -0.4 is 4.90 Å². The van der Waals surface area contributed by atoms with Gasteiger partial charge in [0.1, 0.15) is 6.04 Å². The number of unbranched alkanes of at least 4 members (excludes halogenated alkanes) is 2. The summed E-state index contributed by atoms with van der Waals surface area (Å²) in [6, 6.07) is 8.27. The Bertz CT molecular complexity index is 1120. The van der Waals surface area contributed by atoms with Crippen molar-refractivity contribution in [3.63, 3.8) is 0 Å². The molecule has 6 atom stereocenters. The molecule has 0 aromatic heterocycles. The van der Waals surface area contributed by atoms with Crippen LogP contribution in [0.2, 0.25) is 0 Å². The third-order valence-electron chi connectivity index (χ3n) is 8.42. The number of likely N-dealkylation sites (tertiary alicyclic amines) is 1.